The average Bonchev–Trinajstić information content (AvgIpc) is 3.75. The lowest BCUT2D eigenvalue weighted by molar-refractivity contribution is -0.137. The average molecular weight is 1080 g/mol. The molecule has 78 heavy (non-hydrogen) atoms. The molecule has 4 atom stereocenters. The second-order valence-corrected chi connectivity index (χ2v) is 19.7. The first-order valence-electron chi connectivity index (χ1n) is 26.0. The summed E-state index contributed by atoms with van der Waals surface area (Å²) < 4.78 is 34.7. The Morgan fingerprint density at radius 2 is 1.72 bits per heavy atom. The summed E-state index contributed by atoms with van der Waals surface area (Å²) in [5, 5.41) is 10.8. The lowest BCUT2D eigenvalue weighted by Crippen LogP contribution is -2.54. The summed E-state index contributed by atoms with van der Waals surface area (Å²) in [7, 11) is 1.53. The highest BCUT2D eigenvalue weighted by molar-refractivity contribution is 6.12. The number of carbonyl (C=O) groups is 8. The van der Waals surface area contributed by atoms with Crippen LogP contribution in [0.5, 0.6) is 11.5 Å². The maximum absolute atomic E-state index is 16.5. The summed E-state index contributed by atoms with van der Waals surface area (Å²) in [6.45, 7) is 4.31. The number of nitrogens with one attached hydrogen (secondary N) is 4. The Balaban J connectivity index is 0.959. The number of ketones is 1. The van der Waals surface area contributed by atoms with Crippen molar-refractivity contribution in [2.24, 2.45) is 17.6 Å². The summed E-state index contributed by atoms with van der Waals surface area (Å²) in [6, 6.07) is 12.4. The number of piperidine rings is 1. The number of methoxy groups -OCH3 is 1. The van der Waals surface area contributed by atoms with Crippen LogP contribution in [0.2, 0.25) is 0 Å². The molecule has 0 unspecified atom stereocenters. The van der Waals surface area contributed by atoms with Crippen molar-refractivity contribution in [1.82, 2.24) is 39.9 Å². The first-order chi connectivity index (χ1) is 37.5. The van der Waals surface area contributed by atoms with Crippen LogP contribution >= 0.6 is 0 Å². The maximum atomic E-state index is 16.5. The Hall–Kier alpha value is -8.28. The van der Waals surface area contributed by atoms with Crippen molar-refractivity contribution in [3.05, 3.63) is 94.6 Å². The summed E-state index contributed by atoms with van der Waals surface area (Å²) in [5.41, 5.74) is 7.35. The Morgan fingerprint density at radius 1 is 0.949 bits per heavy atom. The smallest absolute Gasteiger partial charge is 0.410 e. The number of likely N-dealkylation sites (tertiary alicyclic amines) is 1. The molecule has 0 radical (unpaired) electrons. The second-order valence-electron chi connectivity index (χ2n) is 19.7. The molecule has 0 aliphatic carbocycles. The van der Waals surface area contributed by atoms with Crippen LogP contribution < -0.4 is 42.0 Å². The van der Waals surface area contributed by atoms with Gasteiger partial charge in [-0.3, -0.25) is 48.3 Å². The van der Waals surface area contributed by atoms with E-state index in [1.807, 2.05) is 4.90 Å². The van der Waals surface area contributed by atoms with Gasteiger partial charge in [0, 0.05) is 81.9 Å². The number of ether oxygens (including phenoxy) is 3. The molecule has 416 valence electrons. The number of pyridine rings is 1. The van der Waals surface area contributed by atoms with Gasteiger partial charge < -0.3 is 45.8 Å². The minimum atomic E-state index is -1.54. The molecule has 5 heterocycles. The molecule has 3 aliphatic heterocycles. The lowest BCUT2D eigenvalue weighted by atomic mass is 9.89. The fourth-order valence-electron chi connectivity index (χ4n) is 9.49. The van der Waals surface area contributed by atoms with Gasteiger partial charge >= 0.3 is 12.1 Å². The fourth-order valence-corrected chi connectivity index (χ4v) is 9.49. The van der Waals surface area contributed by atoms with Gasteiger partial charge in [-0.05, 0) is 80.0 Å². The van der Waals surface area contributed by atoms with Crippen LogP contribution in [-0.4, -0.2) is 141 Å². The predicted molar refractivity (Wildman–Crippen MR) is 282 cm³/mol. The molecular formula is C54H66FN11O12. The van der Waals surface area contributed by atoms with Gasteiger partial charge in [0.05, 0.1) is 48.7 Å². The number of Topliss-reactive ketones (excluding diaryl/α,β-unsaturated/α-hetero) is 1. The van der Waals surface area contributed by atoms with Crippen LogP contribution in [0.1, 0.15) is 76.5 Å². The van der Waals surface area contributed by atoms with Gasteiger partial charge in [0.25, 0.3) is 23.3 Å². The number of imide groups is 1. The zero-order valence-corrected chi connectivity index (χ0v) is 43.9. The van der Waals surface area contributed by atoms with Crippen LogP contribution in [0, 0.1) is 11.8 Å². The first-order valence-corrected chi connectivity index (χ1v) is 26.0. The number of alkyl halides is 1. The van der Waals surface area contributed by atoms with Gasteiger partial charge in [-0.1, -0.05) is 32.4 Å². The maximum Gasteiger partial charge on any atom is 0.410 e. The third kappa shape index (κ3) is 15.7. The largest absolute Gasteiger partial charge is 0.497 e. The standard InChI is InChI=1S/C54H66FN11O12/c1-33(2)50(61-45(68)9-5-4-6-22-65-47(70)18-19-48(65)71)43(67)26-35(8-7-21-57-53(56)74)52(73)60-36-12-10-34(11-13-36)31-78-54(75)66(29-37-14-17-44-51(59-37)62-46(69)32-77-44)41-20-23-63(30-39(41)55)24-25-64-42-27-38(76-3)15-16-40(42)58-28-49(64)72/h10-19,27-28,33,35,39,41,50H,4-9,20-26,29-32H2,1-3H3,(H,60,73)(H,61,68)(H3,56,57,74)(H,59,62,69)/t35-,39+,41+,50+/m1/s1. The van der Waals surface area contributed by atoms with E-state index < -0.39 is 48.1 Å². The number of aromatic nitrogens is 3. The number of hydrogen-bond acceptors (Lipinski definition) is 15. The first kappa shape index (κ1) is 57.4. The summed E-state index contributed by atoms with van der Waals surface area (Å²) in [5.74, 6) is -2.42. The summed E-state index contributed by atoms with van der Waals surface area (Å²) >= 11 is 0. The van der Waals surface area contributed by atoms with E-state index in [-0.39, 0.29) is 112 Å². The zero-order valence-electron chi connectivity index (χ0n) is 43.9. The van der Waals surface area contributed by atoms with Crippen LogP contribution in [0.15, 0.2) is 77.7 Å². The normalized spacial score (nSPS) is 16.9. The van der Waals surface area contributed by atoms with E-state index in [4.69, 9.17) is 19.9 Å². The van der Waals surface area contributed by atoms with Crippen molar-refractivity contribution in [1.29, 1.82) is 0 Å². The van der Waals surface area contributed by atoms with Crippen molar-refractivity contribution in [3.8, 4) is 11.5 Å². The molecule has 6 N–H and O–H groups in total. The highest BCUT2D eigenvalue weighted by atomic mass is 19.1. The van der Waals surface area contributed by atoms with Crippen molar-refractivity contribution in [2.75, 3.05) is 57.1 Å². The number of carbonyl (C=O) groups excluding carboxylic acids is 8. The molecule has 2 aromatic carbocycles. The van der Waals surface area contributed by atoms with Crippen molar-refractivity contribution < 1.29 is 57.0 Å². The monoisotopic (exact) mass is 1080 g/mol. The van der Waals surface area contributed by atoms with Gasteiger partial charge in [-0.15, -0.1) is 0 Å². The SMILES string of the molecule is COc1ccc2ncc(=O)n(CCN3CC[C@H](N(Cc4ccc5c(n4)NC(=O)CO5)C(=O)OCc4ccc(NC(=O)[C@H](CCCNC(N)=O)CC(=O)[C@@H](NC(=O)CCCCCN5C(=O)C=CC5=O)C(C)C)cc4)[C@@H](F)C3)c2c1. The summed E-state index contributed by atoms with van der Waals surface area (Å²) in [6.07, 6.45) is 3.51. The number of primary amides is 1. The molecule has 8 amide bonds. The zero-order chi connectivity index (χ0) is 55.9. The molecule has 0 saturated carbocycles. The molecule has 3 aliphatic rings. The molecule has 2 aromatic heterocycles. The fraction of sp³-hybridized carbons (Fsp3) is 0.463. The van der Waals surface area contributed by atoms with E-state index in [1.54, 1.807) is 73.0 Å². The minimum absolute atomic E-state index is 0.0471. The molecule has 0 bridgehead atoms. The molecule has 24 heteroatoms. The van der Waals surface area contributed by atoms with E-state index >= 15 is 4.39 Å². The third-order valence-corrected chi connectivity index (χ3v) is 13.7. The molecule has 1 saturated heterocycles. The number of fused-ring (bicyclic) bond motifs is 2. The van der Waals surface area contributed by atoms with Gasteiger partial charge in [0.2, 0.25) is 11.8 Å². The van der Waals surface area contributed by atoms with Gasteiger partial charge in [-0.2, -0.15) is 0 Å². The van der Waals surface area contributed by atoms with Crippen LogP contribution in [-0.2, 0) is 53.2 Å². The molecule has 1 fully saturated rings. The molecule has 7 rings (SSSR count). The predicted octanol–water partition coefficient (Wildman–Crippen LogP) is 3.97. The number of benzene rings is 2. The number of amides is 8. The number of unbranched alkanes of at least 4 members (excludes halogenated alkanes) is 2. The number of halogens is 1. The highest BCUT2D eigenvalue weighted by Gasteiger charge is 2.38. The number of anilines is 2. The quantitative estimate of drug-likeness (QED) is 0.0439. The van der Waals surface area contributed by atoms with E-state index in [0.717, 1.165) is 4.90 Å². The van der Waals surface area contributed by atoms with Gasteiger partial charge in [0.15, 0.2) is 24.0 Å². The Labute approximate surface area is 449 Å². The molecular weight excluding hydrogens is 1010 g/mol. The third-order valence-electron chi connectivity index (χ3n) is 13.7. The van der Waals surface area contributed by atoms with Crippen molar-refractivity contribution in [2.45, 2.75) is 103 Å². The number of rotatable bonds is 26. The van der Waals surface area contributed by atoms with Gasteiger partial charge in [-0.25, -0.2) is 23.9 Å². The topological polar surface area (TPSA) is 296 Å². The molecule has 4 aromatic rings. The van der Waals surface area contributed by atoms with E-state index in [0.29, 0.717) is 78.2 Å². The minimum Gasteiger partial charge on any atom is -0.497 e. The lowest BCUT2D eigenvalue weighted by Gasteiger charge is -2.40. The van der Waals surface area contributed by atoms with Gasteiger partial charge in [0.1, 0.15) is 18.5 Å². The summed E-state index contributed by atoms with van der Waals surface area (Å²) in [4.78, 5) is 128. The van der Waals surface area contributed by atoms with E-state index in [1.165, 1.54) is 30.4 Å². The van der Waals surface area contributed by atoms with Crippen LogP contribution in [0.25, 0.3) is 11.0 Å². The number of urea groups is 1. The number of nitrogens with two attached hydrogens (primary N) is 1. The highest BCUT2D eigenvalue weighted by Crippen LogP contribution is 2.29. The Kier molecular flexibility index (Phi) is 20.0. The second kappa shape index (κ2) is 27.2. The van der Waals surface area contributed by atoms with E-state index in [2.05, 4.69) is 31.2 Å². The number of hydrogen-bond donors (Lipinski definition) is 5. The van der Waals surface area contributed by atoms with Crippen molar-refractivity contribution >= 4 is 70.0 Å². The molecule has 23 nitrogen and oxygen atoms in total. The van der Waals surface area contributed by atoms with E-state index in [9.17, 15) is 43.2 Å². The molecule has 0 spiro atoms. The van der Waals surface area contributed by atoms with Crippen LogP contribution in [0.3, 0.4) is 0 Å². The van der Waals surface area contributed by atoms with Crippen LogP contribution in [0.4, 0.5) is 25.5 Å². The number of nitrogens with zero attached hydrogens (tertiary/aromatic N) is 6. The Morgan fingerprint density at radius 3 is 2.44 bits per heavy atom. The van der Waals surface area contributed by atoms with Crippen molar-refractivity contribution in [3.63, 3.8) is 0 Å². The Bertz CT molecular complexity index is 2930.